The van der Waals surface area contributed by atoms with Gasteiger partial charge in [0.2, 0.25) is 0 Å². The van der Waals surface area contributed by atoms with Crippen molar-refractivity contribution in [2.45, 2.75) is 32.1 Å². The van der Waals surface area contributed by atoms with E-state index in [-0.39, 0.29) is 6.42 Å². The molecule has 5 heteroatoms. The smallest absolute Gasteiger partial charge is 0.308 e. The van der Waals surface area contributed by atoms with Gasteiger partial charge < -0.3 is 9.84 Å². The Hall–Kier alpha value is -1.88. The number of rotatable bonds is 6. The number of thiazole rings is 1. The average Bonchev–Trinajstić information content (AvgIpc) is 3.21. The fourth-order valence-corrected chi connectivity index (χ4v) is 3.45. The highest BCUT2D eigenvalue weighted by molar-refractivity contribution is 7.15. The van der Waals surface area contributed by atoms with Crippen molar-refractivity contribution >= 4 is 17.3 Å². The molecule has 0 saturated heterocycles. The summed E-state index contributed by atoms with van der Waals surface area (Å²) in [5.74, 6) is 0.479. The molecule has 0 spiro atoms. The van der Waals surface area contributed by atoms with Crippen molar-refractivity contribution in [2.75, 3.05) is 6.61 Å². The second-order valence-corrected chi connectivity index (χ2v) is 6.22. The van der Waals surface area contributed by atoms with Crippen LogP contribution in [0.3, 0.4) is 0 Å². The van der Waals surface area contributed by atoms with E-state index in [4.69, 9.17) is 14.8 Å². The van der Waals surface area contributed by atoms with E-state index in [1.54, 1.807) is 0 Å². The lowest BCUT2D eigenvalue weighted by atomic mass is 10.2. The lowest BCUT2D eigenvalue weighted by Gasteiger charge is -2.03. The number of hydrogen-bond donors (Lipinski definition) is 1. The summed E-state index contributed by atoms with van der Waals surface area (Å²) >= 11 is 1.49. The highest BCUT2D eigenvalue weighted by Crippen LogP contribution is 2.44. The van der Waals surface area contributed by atoms with Crippen LogP contribution in [-0.4, -0.2) is 22.7 Å². The number of hydrogen-bond acceptors (Lipinski definition) is 4. The molecule has 2 aromatic rings. The lowest BCUT2D eigenvalue weighted by Crippen LogP contribution is -2.00. The molecule has 0 aliphatic heterocycles. The Balaban J connectivity index is 1.94. The molecule has 21 heavy (non-hydrogen) atoms. The zero-order valence-electron chi connectivity index (χ0n) is 11.8. The summed E-state index contributed by atoms with van der Waals surface area (Å²) in [6.45, 7) is 2.57. The molecule has 1 N–H and O–H groups in total. The molecule has 1 aromatic heterocycles. The molecule has 0 bridgehead atoms. The van der Waals surface area contributed by atoms with Crippen molar-refractivity contribution in [2.24, 2.45) is 0 Å². The van der Waals surface area contributed by atoms with Crippen LogP contribution in [0.5, 0.6) is 5.75 Å². The topological polar surface area (TPSA) is 59.4 Å². The summed E-state index contributed by atoms with van der Waals surface area (Å²) in [6, 6.07) is 7.81. The van der Waals surface area contributed by atoms with Gasteiger partial charge in [0.15, 0.2) is 0 Å². The molecule has 4 nitrogen and oxygen atoms in total. The fraction of sp³-hybridized carbons (Fsp3) is 0.375. The zero-order valence-corrected chi connectivity index (χ0v) is 12.7. The molecule has 1 aliphatic carbocycles. The molecule has 1 saturated carbocycles. The quantitative estimate of drug-likeness (QED) is 0.883. The van der Waals surface area contributed by atoms with E-state index < -0.39 is 5.97 Å². The molecular formula is C16H17NO3S. The summed E-state index contributed by atoms with van der Waals surface area (Å²) < 4.78 is 5.51. The Morgan fingerprint density at radius 1 is 1.48 bits per heavy atom. The summed E-state index contributed by atoms with van der Waals surface area (Å²) in [7, 11) is 0. The van der Waals surface area contributed by atoms with Crippen molar-refractivity contribution in [3.63, 3.8) is 0 Å². The molecule has 1 heterocycles. The lowest BCUT2D eigenvalue weighted by molar-refractivity contribution is -0.136. The molecule has 0 radical (unpaired) electrons. The summed E-state index contributed by atoms with van der Waals surface area (Å²) in [4.78, 5) is 16.6. The predicted molar refractivity (Wildman–Crippen MR) is 82.0 cm³/mol. The Morgan fingerprint density at radius 3 is 2.95 bits per heavy atom. The van der Waals surface area contributed by atoms with Gasteiger partial charge in [-0.15, -0.1) is 11.3 Å². The highest BCUT2D eigenvalue weighted by atomic mass is 32.1. The van der Waals surface area contributed by atoms with E-state index in [0.717, 1.165) is 39.7 Å². The third-order valence-electron chi connectivity index (χ3n) is 3.40. The Kier molecular flexibility index (Phi) is 3.92. The monoisotopic (exact) mass is 303 g/mol. The summed E-state index contributed by atoms with van der Waals surface area (Å²) in [5.41, 5.74) is 1.98. The van der Waals surface area contributed by atoms with Gasteiger partial charge in [0, 0.05) is 16.4 Å². The molecule has 0 atom stereocenters. The third kappa shape index (κ3) is 3.24. The molecule has 3 rings (SSSR count). The number of aliphatic carboxylic acids is 1. The van der Waals surface area contributed by atoms with Crippen molar-refractivity contribution < 1.29 is 14.6 Å². The Labute approximate surface area is 127 Å². The molecular weight excluding hydrogens is 286 g/mol. The molecule has 1 aliphatic rings. The second-order valence-electron chi connectivity index (χ2n) is 5.13. The third-order valence-corrected chi connectivity index (χ3v) is 4.52. The van der Waals surface area contributed by atoms with Gasteiger partial charge in [-0.1, -0.05) is 12.1 Å². The minimum atomic E-state index is -0.796. The highest BCUT2D eigenvalue weighted by Gasteiger charge is 2.30. The van der Waals surface area contributed by atoms with Crippen molar-refractivity contribution in [1.29, 1.82) is 0 Å². The molecule has 1 fully saturated rings. The van der Waals surface area contributed by atoms with E-state index >= 15 is 0 Å². The van der Waals surface area contributed by atoms with E-state index in [2.05, 4.69) is 0 Å². The number of nitrogens with zero attached hydrogens (tertiary/aromatic N) is 1. The first-order valence-electron chi connectivity index (χ1n) is 7.12. The largest absolute Gasteiger partial charge is 0.494 e. The number of carboxylic acids is 1. The first kappa shape index (κ1) is 14.1. The normalized spacial score (nSPS) is 14.1. The van der Waals surface area contributed by atoms with Gasteiger partial charge in [-0.25, -0.2) is 4.98 Å². The first-order valence-corrected chi connectivity index (χ1v) is 7.93. The molecule has 1 aromatic carbocycles. The summed E-state index contributed by atoms with van der Waals surface area (Å²) in [5, 5.41) is 9.93. The van der Waals surface area contributed by atoms with E-state index in [0.29, 0.717) is 12.5 Å². The standard InChI is InChI=1S/C16H17NO3S/c1-2-20-12-5-3-4-11(8-12)16-17-15(10-6-7-10)13(21-16)9-14(18)19/h3-5,8,10H,2,6-7,9H2,1H3,(H,18,19). The number of carboxylic acid groups (broad SMARTS) is 1. The van der Waals surface area contributed by atoms with E-state index in [1.165, 1.54) is 11.3 Å². The van der Waals surface area contributed by atoms with Gasteiger partial charge in [0.1, 0.15) is 10.8 Å². The number of aromatic nitrogens is 1. The van der Waals surface area contributed by atoms with Gasteiger partial charge in [-0.05, 0) is 31.9 Å². The maximum atomic E-state index is 11.0. The first-order chi connectivity index (χ1) is 10.2. The maximum Gasteiger partial charge on any atom is 0.308 e. The van der Waals surface area contributed by atoms with Gasteiger partial charge in [0.05, 0.1) is 18.7 Å². The Morgan fingerprint density at radius 2 is 2.29 bits per heavy atom. The van der Waals surface area contributed by atoms with Gasteiger partial charge in [-0.2, -0.15) is 0 Å². The van der Waals surface area contributed by atoms with Crippen LogP contribution in [0, 0.1) is 0 Å². The fourth-order valence-electron chi connectivity index (χ4n) is 2.31. The maximum absolute atomic E-state index is 11.0. The average molecular weight is 303 g/mol. The minimum absolute atomic E-state index is 0.0641. The van der Waals surface area contributed by atoms with Crippen LogP contribution in [0.25, 0.3) is 10.6 Å². The van der Waals surface area contributed by atoms with Crippen LogP contribution in [0.1, 0.15) is 36.3 Å². The minimum Gasteiger partial charge on any atom is -0.494 e. The van der Waals surface area contributed by atoms with Crippen LogP contribution >= 0.6 is 11.3 Å². The van der Waals surface area contributed by atoms with E-state index in [1.807, 2.05) is 31.2 Å². The van der Waals surface area contributed by atoms with Crippen LogP contribution in [0.4, 0.5) is 0 Å². The van der Waals surface area contributed by atoms with Crippen LogP contribution < -0.4 is 4.74 Å². The van der Waals surface area contributed by atoms with Crippen molar-refractivity contribution in [1.82, 2.24) is 4.98 Å². The van der Waals surface area contributed by atoms with Crippen LogP contribution in [-0.2, 0) is 11.2 Å². The van der Waals surface area contributed by atoms with Gasteiger partial charge in [0.25, 0.3) is 0 Å². The van der Waals surface area contributed by atoms with Crippen LogP contribution in [0.15, 0.2) is 24.3 Å². The van der Waals surface area contributed by atoms with E-state index in [9.17, 15) is 4.79 Å². The second kappa shape index (κ2) is 5.85. The van der Waals surface area contributed by atoms with Crippen molar-refractivity contribution in [3.05, 3.63) is 34.8 Å². The molecule has 110 valence electrons. The van der Waals surface area contributed by atoms with Gasteiger partial charge >= 0.3 is 5.97 Å². The SMILES string of the molecule is CCOc1cccc(-c2nc(C3CC3)c(CC(=O)O)s2)c1. The molecule has 0 unspecified atom stereocenters. The Bertz CT molecular complexity index is 661. The predicted octanol–water partition coefficient (Wildman–Crippen LogP) is 3.71. The van der Waals surface area contributed by atoms with Gasteiger partial charge in [-0.3, -0.25) is 4.79 Å². The molecule has 0 amide bonds. The zero-order chi connectivity index (χ0) is 14.8. The number of ether oxygens (including phenoxy) is 1. The van der Waals surface area contributed by atoms with Crippen LogP contribution in [0.2, 0.25) is 0 Å². The van der Waals surface area contributed by atoms with Crippen molar-refractivity contribution in [3.8, 4) is 16.3 Å². The summed E-state index contributed by atoms with van der Waals surface area (Å²) in [6.07, 6.45) is 2.30. The number of benzene rings is 1. The number of carbonyl (C=O) groups is 1.